The van der Waals surface area contributed by atoms with E-state index >= 15 is 0 Å². The van der Waals surface area contributed by atoms with Crippen LogP contribution in [0.25, 0.3) is 0 Å². The lowest BCUT2D eigenvalue weighted by Crippen LogP contribution is -2.49. The van der Waals surface area contributed by atoms with Gasteiger partial charge in [0.05, 0.1) is 6.54 Å². The van der Waals surface area contributed by atoms with Crippen LogP contribution in [0.2, 0.25) is 0 Å². The number of benzene rings is 1. The SMILES string of the molecule is Cc1nc(CN(C)C(=O)C(C)(N)c2ccccc2)no1. The monoisotopic (exact) mass is 274 g/mol. The van der Waals surface area contributed by atoms with Crippen molar-refractivity contribution in [3.63, 3.8) is 0 Å². The second-order valence-electron chi connectivity index (χ2n) is 4.96. The maximum absolute atomic E-state index is 12.5. The Labute approximate surface area is 117 Å². The van der Waals surface area contributed by atoms with E-state index < -0.39 is 5.54 Å². The second-order valence-corrected chi connectivity index (χ2v) is 4.96. The van der Waals surface area contributed by atoms with Gasteiger partial charge in [0.2, 0.25) is 11.8 Å². The van der Waals surface area contributed by atoms with Gasteiger partial charge in [0, 0.05) is 14.0 Å². The fourth-order valence-corrected chi connectivity index (χ4v) is 1.99. The van der Waals surface area contributed by atoms with Gasteiger partial charge in [0.1, 0.15) is 5.54 Å². The van der Waals surface area contributed by atoms with Gasteiger partial charge in [0.15, 0.2) is 5.82 Å². The molecular weight excluding hydrogens is 256 g/mol. The molecule has 0 saturated carbocycles. The first-order valence-electron chi connectivity index (χ1n) is 6.30. The maximum Gasteiger partial charge on any atom is 0.247 e. The third-order valence-corrected chi connectivity index (χ3v) is 3.11. The van der Waals surface area contributed by atoms with Gasteiger partial charge >= 0.3 is 0 Å². The molecule has 1 atom stereocenters. The quantitative estimate of drug-likeness (QED) is 0.905. The minimum atomic E-state index is -1.09. The molecule has 6 heteroatoms. The van der Waals surface area contributed by atoms with Gasteiger partial charge in [-0.3, -0.25) is 4.79 Å². The maximum atomic E-state index is 12.5. The molecule has 1 aromatic carbocycles. The third kappa shape index (κ3) is 2.85. The molecule has 0 saturated heterocycles. The molecule has 2 aromatic rings. The Balaban J connectivity index is 2.13. The molecule has 0 fully saturated rings. The van der Waals surface area contributed by atoms with Crippen molar-refractivity contribution in [3.05, 3.63) is 47.6 Å². The number of carbonyl (C=O) groups excluding carboxylic acids is 1. The predicted octanol–water partition coefficient (Wildman–Crippen LogP) is 1.21. The highest BCUT2D eigenvalue weighted by Crippen LogP contribution is 2.20. The van der Waals surface area contributed by atoms with Crippen LogP contribution >= 0.6 is 0 Å². The van der Waals surface area contributed by atoms with E-state index in [2.05, 4.69) is 10.1 Å². The highest BCUT2D eigenvalue weighted by molar-refractivity contribution is 5.86. The highest BCUT2D eigenvalue weighted by Gasteiger charge is 2.33. The lowest BCUT2D eigenvalue weighted by Gasteiger charge is -2.29. The standard InChI is InChI=1S/C14H18N4O2/c1-10-16-12(17-20-10)9-18(3)13(19)14(2,15)11-7-5-4-6-8-11/h4-8H,9,15H2,1-3H3. The number of rotatable bonds is 4. The summed E-state index contributed by atoms with van der Waals surface area (Å²) in [5.41, 5.74) is 5.86. The molecule has 0 aliphatic rings. The molecule has 2 N–H and O–H groups in total. The van der Waals surface area contributed by atoms with E-state index in [0.717, 1.165) is 5.56 Å². The molecule has 1 amide bonds. The number of likely N-dealkylation sites (N-methyl/N-ethyl adjacent to an activating group) is 1. The first kappa shape index (κ1) is 14.2. The Kier molecular flexibility index (Phi) is 3.85. The van der Waals surface area contributed by atoms with Crippen molar-refractivity contribution < 1.29 is 9.32 Å². The summed E-state index contributed by atoms with van der Waals surface area (Å²) < 4.78 is 4.89. The summed E-state index contributed by atoms with van der Waals surface area (Å²) in [4.78, 5) is 18.1. The molecule has 0 bridgehead atoms. The zero-order valence-electron chi connectivity index (χ0n) is 11.8. The van der Waals surface area contributed by atoms with Gasteiger partial charge in [-0.2, -0.15) is 4.98 Å². The first-order chi connectivity index (χ1) is 9.41. The van der Waals surface area contributed by atoms with Crippen molar-refractivity contribution in [2.45, 2.75) is 25.9 Å². The molecular formula is C14H18N4O2. The van der Waals surface area contributed by atoms with Crippen LogP contribution in [-0.4, -0.2) is 28.0 Å². The van der Waals surface area contributed by atoms with Crippen molar-refractivity contribution in [2.24, 2.45) is 5.73 Å². The minimum Gasteiger partial charge on any atom is -0.340 e. The Bertz CT molecular complexity index is 592. The van der Waals surface area contributed by atoms with Gasteiger partial charge in [0.25, 0.3) is 0 Å². The normalized spacial score (nSPS) is 13.8. The predicted molar refractivity (Wildman–Crippen MR) is 73.5 cm³/mol. The summed E-state index contributed by atoms with van der Waals surface area (Å²) in [7, 11) is 1.67. The summed E-state index contributed by atoms with van der Waals surface area (Å²) in [5.74, 6) is 0.729. The number of amides is 1. The largest absolute Gasteiger partial charge is 0.340 e. The van der Waals surface area contributed by atoms with Gasteiger partial charge in [-0.05, 0) is 12.5 Å². The van der Waals surface area contributed by atoms with E-state index in [0.29, 0.717) is 11.7 Å². The molecule has 2 rings (SSSR count). The lowest BCUT2D eigenvalue weighted by atomic mass is 9.92. The fourth-order valence-electron chi connectivity index (χ4n) is 1.99. The summed E-state index contributed by atoms with van der Waals surface area (Å²) in [5, 5.41) is 3.77. The number of aryl methyl sites for hydroxylation is 1. The van der Waals surface area contributed by atoms with Gasteiger partial charge in [-0.15, -0.1) is 0 Å². The molecule has 6 nitrogen and oxygen atoms in total. The van der Waals surface area contributed by atoms with Crippen LogP contribution in [0.15, 0.2) is 34.9 Å². The van der Waals surface area contributed by atoms with Crippen molar-refractivity contribution in [3.8, 4) is 0 Å². The van der Waals surface area contributed by atoms with Crippen LogP contribution in [0.5, 0.6) is 0 Å². The topological polar surface area (TPSA) is 85.2 Å². The number of carbonyl (C=O) groups is 1. The van der Waals surface area contributed by atoms with Crippen molar-refractivity contribution in [1.82, 2.24) is 15.0 Å². The molecule has 0 radical (unpaired) electrons. The number of aromatic nitrogens is 2. The summed E-state index contributed by atoms with van der Waals surface area (Å²) in [6.45, 7) is 3.66. The van der Waals surface area contributed by atoms with E-state index in [4.69, 9.17) is 10.3 Å². The van der Waals surface area contributed by atoms with E-state index in [-0.39, 0.29) is 12.5 Å². The van der Waals surface area contributed by atoms with Gasteiger partial charge in [-0.1, -0.05) is 35.5 Å². The number of nitrogens with two attached hydrogens (primary N) is 1. The molecule has 0 spiro atoms. The van der Waals surface area contributed by atoms with Crippen molar-refractivity contribution >= 4 is 5.91 Å². The van der Waals surface area contributed by atoms with Gasteiger partial charge in [-0.25, -0.2) is 0 Å². The Morgan fingerprint density at radius 1 is 1.40 bits per heavy atom. The molecule has 0 aliphatic carbocycles. The van der Waals surface area contributed by atoms with Crippen LogP contribution < -0.4 is 5.73 Å². The molecule has 1 aromatic heterocycles. The number of hydrogen-bond donors (Lipinski definition) is 1. The summed E-state index contributed by atoms with van der Waals surface area (Å²) >= 11 is 0. The third-order valence-electron chi connectivity index (χ3n) is 3.11. The fraction of sp³-hybridized carbons (Fsp3) is 0.357. The summed E-state index contributed by atoms with van der Waals surface area (Å²) in [6, 6.07) is 9.27. The molecule has 1 unspecified atom stereocenters. The second kappa shape index (κ2) is 5.42. The highest BCUT2D eigenvalue weighted by atomic mass is 16.5. The number of hydrogen-bond acceptors (Lipinski definition) is 5. The van der Waals surface area contributed by atoms with E-state index in [9.17, 15) is 4.79 Å². The van der Waals surface area contributed by atoms with Crippen molar-refractivity contribution in [1.29, 1.82) is 0 Å². The van der Waals surface area contributed by atoms with Gasteiger partial charge < -0.3 is 15.2 Å². The van der Waals surface area contributed by atoms with Crippen LogP contribution in [-0.2, 0) is 16.9 Å². The molecule has 1 heterocycles. The Morgan fingerprint density at radius 3 is 2.60 bits per heavy atom. The van der Waals surface area contributed by atoms with Crippen molar-refractivity contribution in [2.75, 3.05) is 7.05 Å². The Morgan fingerprint density at radius 2 is 2.05 bits per heavy atom. The average Bonchev–Trinajstić information content (AvgIpc) is 2.84. The summed E-state index contributed by atoms with van der Waals surface area (Å²) in [6.07, 6.45) is 0. The van der Waals surface area contributed by atoms with E-state index in [1.165, 1.54) is 4.90 Å². The van der Waals surface area contributed by atoms with E-state index in [1.807, 2.05) is 30.3 Å². The molecule has 106 valence electrons. The zero-order valence-corrected chi connectivity index (χ0v) is 11.8. The average molecular weight is 274 g/mol. The Hall–Kier alpha value is -2.21. The first-order valence-corrected chi connectivity index (χ1v) is 6.30. The molecule has 0 aliphatic heterocycles. The number of nitrogens with zero attached hydrogens (tertiary/aromatic N) is 3. The van der Waals surface area contributed by atoms with Crippen LogP contribution in [0.3, 0.4) is 0 Å². The lowest BCUT2D eigenvalue weighted by molar-refractivity contribution is -0.136. The van der Waals surface area contributed by atoms with Crippen LogP contribution in [0.4, 0.5) is 0 Å². The minimum absolute atomic E-state index is 0.203. The van der Waals surface area contributed by atoms with Crippen LogP contribution in [0.1, 0.15) is 24.2 Å². The zero-order chi connectivity index (χ0) is 14.8. The van der Waals surface area contributed by atoms with Crippen LogP contribution in [0, 0.1) is 6.92 Å². The van der Waals surface area contributed by atoms with E-state index in [1.54, 1.807) is 20.9 Å². The smallest absolute Gasteiger partial charge is 0.247 e. The molecule has 20 heavy (non-hydrogen) atoms.